The van der Waals surface area contributed by atoms with E-state index in [0.29, 0.717) is 6.54 Å². The van der Waals surface area contributed by atoms with E-state index in [4.69, 9.17) is 35.4 Å². The Bertz CT molecular complexity index is 293. The first-order valence-electron chi connectivity index (χ1n) is 4.54. The molecule has 0 aliphatic rings. The van der Waals surface area contributed by atoms with Crippen molar-refractivity contribution < 1.29 is 21.6 Å². The first kappa shape index (κ1) is 16.2. The van der Waals surface area contributed by atoms with Gasteiger partial charge in [0.15, 0.2) is 0 Å². The molecular weight excluding hydrogens is 430 g/mol. The first-order valence-corrected chi connectivity index (χ1v) is 10.2. The van der Waals surface area contributed by atoms with E-state index in [-0.39, 0.29) is 11.3 Å². The number of benzene rings is 1. The molecule has 0 spiro atoms. The number of hydrogen-bond acceptors (Lipinski definition) is 3. The van der Waals surface area contributed by atoms with Crippen LogP contribution in [0, 0.1) is 0 Å². The molecule has 16 heavy (non-hydrogen) atoms. The van der Waals surface area contributed by atoms with Crippen molar-refractivity contribution in [3.63, 3.8) is 0 Å². The second-order valence-corrected chi connectivity index (χ2v) is 7.03. The molecule has 1 rings (SSSR count). The van der Waals surface area contributed by atoms with E-state index in [1.165, 1.54) is 0 Å². The van der Waals surface area contributed by atoms with Gasteiger partial charge in [-0.25, -0.2) is 0 Å². The summed E-state index contributed by atoms with van der Waals surface area (Å²) in [7, 11) is 9.75. The van der Waals surface area contributed by atoms with Gasteiger partial charge in [0.05, 0.1) is 0 Å². The summed E-state index contributed by atoms with van der Waals surface area (Å²) in [5.74, 6) is 0.273. The maximum atomic E-state index is 9.06. The Balaban J connectivity index is 0.000000673. The van der Waals surface area contributed by atoms with Crippen LogP contribution >= 0.6 is 18.8 Å². The zero-order valence-electron chi connectivity index (χ0n) is 8.90. The van der Waals surface area contributed by atoms with Crippen LogP contribution < -0.4 is 11.5 Å². The Kier molecular flexibility index (Phi) is 8.43. The van der Waals surface area contributed by atoms with E-state index < -0.39 is 16.5 Å². The first-order chi connectivity index (χ1) is 7.45. The monoisotopic (exact) mass is 445 g/mol. The number of aromatic hydroxyl groups is 1. The molecule has 3 nitrogen and oxygen atoms in total. The van der Waals surface area contributed by atoms with Crippen LogP contribution in [0.15, 0.2) is 24.3 Å². The molecular formula is C10H16Cl2N2OPt. The number of nitrogens with two attached hydrogens (primary N) is 2. The predicted molar refractivity (Wildman–Crippen MR) is 65.2 cm³/mol. The summed E-state index contributed by atoms with van der Waals surface area (Å²) in [5, 5.41) is 9.06. The molecule has 1 aromatic rings. The quantitative estimate of drug-likeness (QED) is 0.666. The van der Waals surface area contributed by atoms with Crippen LogP contribution in [-0.4, -0.2) is 17.2 Å². The van der Waals surface area contributed by atoms with E-state index in [0.717, 1.165) is 12.0 Å². The molecule has 96 valence electrons. The zero-order valence-corrected chi connectivity index (χ0v) is 12.7. The molecule has 1 atom stereocenters. The van der Waals surface area contributed by atoms with Gasteiger partial charge in [0.2, 0.25) is 0 Å². The Morgan fingerprint density at radius 1 is 1.31 bits per heavy atom. The Morgan fingerprint density at radius 3 is 2.12 bits per heavy atom. The van der Waals surface area contributed by atoms with Crippen LogP contribution in [0.25, 0.3) is 0 Å². The van der Waals surface area contributed by atoms with Crippen LogP contribution in [-0.2, 0) is 22.9 Å². The van der Waals surface area contributed by atoms with Crippen molar-refractivity contribution in [2.24, 2.45) is 11.5 Å². The molecule has 0 radical (unpaired) electrons. The molecule has 0 aliphatic carbocycles. The van der Waals surface area contributed by atoms with Crippen molar-refractivity contribution in [1.82, 2.24) is 0 Å². The normalized spacial score (nSPS) is 13.8. The van der Waals surface area contributed by atoms with Gasteiger partial charge in [-0.05, 0) is 31.0 Å². The van der Waals surface area contributed by atoms with Crippen molar-refractivity contribution in [2.75, 3.05) is 6.54 Å². The molecule has 6 heteroatoms. The summed E-state index contributed by atoms with van der Waals surface area (Å²) in [6.45, 7) is 2.37. The predicted octanol–water partition coefficient (Wildman–Crippen LogP) is 1.99. The fourth-order valence-electron chi connectivity index (χ4n) is 1.15. The average Bonchev–Trinajstić information content (AvgIpc) is 2.23. The van der Waals surface area contributed by atoms with Gasteiger partial charge < -0.3 is 16.6 Å². The molecule has 0 saturated carbocycles. The minimum absolute atomic E-state index is 0.273. The van der Waals surface area contributed by atoms with Gasteiger partial charge in [0.1, 0.15) is 5.75 Å². The molecule has 0 aromatic heterocycles. The Morgan fingerprint density at radius 2 is 1.75 bits per heavy atom. The third-order valence-electron chi connectivity index (χ3n) is 2.01. The van der Waals surface area contributed by atoms with Crippen molar-refractivity contribution in [1.29, 1.82) is 0 Å². The topological polar surface area (TPSA) is 72.3 Å². The van der Waals surface area contributed by atoms with E-state index in [1.807, 2.05) is 19.1 Å². The molecule has 5 N–H and O–H groups in total. The molecule has 0 aliphatic heterocycles. The van der Waals surface area contributed by atoms with Gasteiger partial charge in [-0.15, -0.1) is 0 Å². The van der Waals surface area contributed by atoms with E-state index in [1.54, 1.807) is 12.1 Å². The van der Waals surface area contributed by atoms with Gasteiger partial charge in [-0.3, -0.25) is 0 Å². The third kappa shape index (κ3) is 7.48. The van der Waals surface area contributed by atoms with Gasteiger partial charge >= 0.3 is 35.3 Å². The van der Waals surface area contributed by atoms with Gasteiger partial charge in [-0.1, -0.05) is 12.1 Å². The summed E-state index contributed by atoms with van der Waals surface area (Å²) in [4.78, 5) is 0. The van der Waals surface area contributed by atoms with Gasteiger partial charge in [0, 0.05) is 12.1 Å². The number of phenolic OH excluding ortho intramolecular Hbond substituents is 1. The number of rotatable bonds is 3. The van der Waals surface area contributed by atoms with E-state index in [2.05, 4.69) is 0 Å². The zero-order chi connectivity index (χ0) is 12.6. The summed E-state index contributed by atoms with van der Waals surface area (Å²) in [5.41, 5.74) is 12.1. The second kappa shape index (κ2) is 8.32. The molecule has 1 unspecified atom stereocenters. The maximum absolute atomic E-state index is 9.06. The second-order valence-electron chi connectivity index (χ2n) is 3.75. The third-order valence-corrected chi connectivity index (χ3v) is 2.01. The van der Waals surface area contributed by atoms with Crippen molar-refractivity contribution in [2.45, 2.75) is 18.9 Å². The standard InChI is InChI=1S/C10H16N2O.2ClH.Pt/c1-10(12,7-11)6-8-2-4-9(13)5-3-8;;;/h2-5,13H,6-7,11-12H2,1H3;2*1H;/q;;;+2/p-2. The summed E-state index contributed by atoms with van der Waals surface area (Å²) >= 11 is -0.472. The van der Waals surface area contributed by atoms with E-state index >= 15 is 0 Å². The van der Waals surface area contributed by atoms with Crippen LogP contribution in [0.1, 0.15) is 12.5 Å². The average molecular weight is 446 g/mol. The molecule has 0 bridgehead atoms. The summed E-state index contributed by atoms with van der Waals surface area (Å²) in [6.07, 6.45) is 0.726. The van der Waals surface area contributed by atoms with Crippen LogP contribution in [0.3, 0.4) is 0 Å². The van der Waals surface area contributed by atoms with Crippen molar-refractivity contribution in [3.8, 4) is 5.75 Å². The van der Waals surface area contributed by atoms with E-state index in [9.17, 15) is 0 Å². The van der Waals surface area contributed by atoms with Gasteiger partial charge in [0.25, 0.3) is 0 Å². The fraction of sp³-hybridized carbons (Fsp3) is 0.400. The summed E-state index contributed by atoms with van der Waals surface area (Å²) in [6, 6.07) is 7.02. The molecule has 0 saturated heterocycles. The van der Waals surface area contributed by atoms with Crippen LogP contribution in [0.5, 0.6) is 5.75 Å². The molecule has 0 amide bonds. The van der Waals surface area contributed by atoms with Gasteiger partial charge in [-0.2, -0.15) is 0 Å². The molecule has 0 heterocycles. The molecule has 0 fully saturated rings. The fourth-order valence-corrected chi connectivity index (χ4v) is 1.15. The summed E-state index contributed by atoms with van der Waals surface area (Å²) < 4.78 is 0. The number of phenols is 1. The molecule has 1 aromatic carbocycles. The van der Waals surface area contributed by atoms with Crippen molar-refractivity contribution >= 4 is 18.8 Å². The SMILES string of the molecule is CC(N)(CN)Cc1ccc(O)cc1.[Cl][Pt][Cl]. The van der Waals surface area contributed by atoms with Crippen molar-refractivity contribution in [3.05, 3.63) is 29.8 Å². The minimum atomic E-state index is -0.472. The van der Waals surface area contributed by atoms with Crippen LogP contribution in [0.2, 0.25) is 0 Å². The van der Waals surface area contributed by atoms with Crippen LogP contribution in [0.4, 0.5) is 0 Å². The Hall–Kier alpha value is 0.208. The number of hydrogen-bond donors (Lipinski definition) is 3. The Labute approximate surface area is 112 Å². The number of halogens is 2.